The van der Waals surface area contributed by atoms with Crippen LogP contribution in [0.5, 0.6) is 0 Å². The van der Waals surface area contributed by atoms with E-state index in [9.17, 15) is 13.2 Å². The summed E-state index contributed by atoms with van der Waals surface area (Å²) in [6.45, 7) is 8.72. The van der Waals surface area contributed by atoms with Crippen LogP contribution in [0.4, 0.5) is 0 Å². The Morgan fingerprint density at radius 3 is 2.38 bits per heavy atom. The summed E-state index contributed by atoms with van der Waals surface area (Å²) in [6.07, 6.45) is 0.913. The molecule has 1 fully saturated rings. The summed E-state index contributed by atoms with van der Waals surface area (Å²) >= 11 is 0. The third kappa shape index (κ3) is 4.34. The molecule has 24 heavy (non-hydrogen) atoms. The van der Waals surface area contributed by atoms with Crippen LogP contribution in [-0.2, 0) is 14.8 Å². The third-order valence-electron chi connectivity index (χ3n) is 4.58. The highest BCUT2D eigenvalue weighted by molar-refractivity contribution is 7.89. The van der Waals surface area contributed by atoms with Gasteiger partial charge in [-0.3, -0.25) is 4.79 Å². The molecule has 0 saturated carbocycles. The van der Waals surface area contributed by atoms with Crippen LogP contribution in [0.25, 0.3) is 0 Å². The van der Waals surface area contributed by atoms with E-state index in [1.54, 1.807) is 12.1 Å². The quantitative estimate of drug-likeness (QED) is 0.743. The molecule has 0 spiro atoms. The summed E-state index contributed by atoms with van der Waals surface area (Å²) in [5, 5.41) is 2.91. The summed E-state index contributed by atoms with van der Waals surface area (Å²) in [5.41, 5.74) is 1.04. The number of amides is 1. The summed E-state index contributed by atoms with van der Waals surface area (Å²) < 4.78 is 26.9. The number of hydrogen-bond donors (Lipinski definition) is 2. The Morgan fingerprint density at radius 1 is 1.25 bits per heavy atom. The van der Waals surface area contributed by atoms with Gasteiger partial charge in [0.25, 0.3) is 5.91 Å². The van der Waals surface area contributed by atoms with Crippen molar-refractivity contribution in [2.45, 2.75) is 38.1 Å². The van der Waals surface area contributed by atoms with Crippen LogP contribution in [0, 0.1) is 6.92 Å². The molecule has 0 aromatic heterocycles. The molecule has 1 aliphatic rings. The van der Waals surface area contributed by atoms with Gasteiger partial charge in [0.05, 0.1) is 31.1 Å². The molecule has 1 saturated heterocycles. The van der Waals surface area contributed by atoms with Crippen molar-refractivity contribution in [1.29, 1.82) is 0 Å². The maximum atomic E-state index is 12.7. The Labute approximate surface area is 144 Å². The van der Waals surface area contributed by atoms with E-state index in [4.69, 9.17) is 0 Å². The normalized spacial score (nSPS) is 18.3. The molecule has 1 heterocycles. The lowest BCUT2D eigenvalue weighted by molar-refractivity contribution is -0.917. The van der Waals surface area contributed by atoms with E-state index in [1.807, 2.05) is 32.9 Å². The molecule has 1 atom stereocenters. The van der Waals surface area contributed by atoms with Crippen molar-refractivity contribution in [3.63, 3.8) is 0 Å². The van der Waals surface area contributed by atoms with E-state index in [2.05, 4.69) is 5.32 Å². The molecule has 0 radical (unpaired) electrons. The van der Waals surface area contributed by atoms with Crippen LogP contribution in [0.15, 0.2) is 29.2 Å². The minimum absolute atomic E-state index is 0.0432. The Morgan fingerprint density at radius 2 is 1.83 bits per heavy atom. The predicted octanol–water partition coefficient (Wildman–Crippen LogP) is -0.201. The van der Waals surface area contributed by atoms with Gasteiger partial charge < -0.3 is 10.2 Å². The van der Waals surface area contributed by atoms with E-state index in [0.29, 0.717) is 37.6 Å². The van der Waals surface area contributed by atoms with Crippen LogP contribution in [0.1, 0.15) is 25.8 Å². The largest absolute Gasteiger partial charge is 0.351 e. The first-order valence-electron chi connectivity index (χ1n) is 8.55. The highest BCUT2D eigenvalue weighted by Gasteiger charge is 2.34. The summed E-state index contributed by atoms with van der Waals surface area (Å²) in [6, 6.07) is 6.79. The van der Waals surface area contributed by atoms with Crippen LogP contribution in [0.3, 0.4) is 0 Å². The van der Waals surface area contributed by atoms with Crippen molar-refractivity contribution in [2.24, 2.45) is 0 Å². The highest BCUT2D eigenvalue weighted by atomic mass is 32.2. The molecule has 0 unspecified atom stereocenters. The van der Waals surface area contributed by atoms with Crippen molar-refractivity contribution >= 4 is 15.9 Å². The van der Waals surface area contributed by atoms with Gasteiger partial charge in [-0.05, 0) is 32.4 Å². The molecule has 2 rings (SSSR count). The number of carbonyl (C=O) groups excluding carboxylic acids is 1. The van der Waals surface area contributed by atoms with Crippen molar-refractivity contribution in [3.8, 4) is 0 Å². The SMILES string of the molecule is CCCNC(=O)[C@H](C)[NH+]1CCN(S(=O)(=O)c2ccc(C)cc2)CC1. The Balaban J connectivity index is 1.96. The number of piperazine rings is 1. The third-order valence-corrected chi connectivity index (χ3v) is 6.49. The van der Waals surface area contributed by atoms with E-state index >= 15 is 0 Å². The van der Waals surface area contributed by atoms with Gasteiger partial charge in [0.1, 0.15) is 0 Å². The van der Waals surface area contributed by atoms with Crippen LogP contribution in [-0.4, -0.2) is 57.4 Å². The van der Waals surface area contributed by atoms with Gasteiger partial charge in [0.15, 0.2) is 6.04 Å². The standard InChI is InChI=1S/C17H27N3O3S/c1-4-9-18-17(21)15(3)19-10-12-20(13-11-19)24(22,23)16-7-5-14(2)6-8-16/h5-8,15H,4,9-13H2,1-3H3,(H,18,21)/p+1/t15-/m0/s1. The molecule has 0 aliphatic carbocycles. The summed E-state index contributed by atoms with van der Waals surface area (Å²) in [7, 11) is -3.44. The minimum Gasteiger partial charge on any atom is -0.351 e. The van der Waals surface area contributed by atoms with Gasteiger partial charge in [0.2, 0.25) is 10.0 Å². The molecule has 6 nitrogen and oxygen atoms in total. The Kier molecular flexibility index (Phi) is 6.37. The Bertz CT molecular complexity index is 650. The number of benzene rings is 1. The number of hydrogen-bond acceptors (Lipinski definition) is 3. The van der Waals surface area contributed by atoms with Crippen LogP contribution < -0.4 is 10.2 Å². The number of nitrogens with one attached hydrogen (secondary N) is 2. The minimum atomic E-state index is -3.44. The predicted molar refractivity (Wildman–Crippen MR) is 93.4 cm³/mol. The zero-order chi connectivity index (χ0) is 17.7. The van der Waals surface area contributed by atoms with E-state index in [0.717, 1.165) is 16.9 Å². The second-order valence-electron chi connectivity index (χ2n) is 6.39. The first-order valence-corrected chi connectivity index (χ1v) is 9.99. The molecule has 1 aromatic rings. The fourth-order valence-corrected chi connectivity index (χ4v) is 4.33. The zero-order valence-corrected chi connectivity index (χ0v) is 15.5. The van der Waals surface area contributed by atoms with Crippen molar-refractivity contribution in [2.75, 3.05) is 32.7 Å². The molecule has 1 aliphatic heterocycles. The van der Waals surface area contributed by atoms with Crippen LogP contribution in [0.2, 0.25) is 0 Å². The van der Waals surface area contributed by atoms with Crippen molar-refractivity contribution in [1.82, 2.24) is 9.62 Å². The lowest BCUT2D eigenvalue weighted by atomic mass is 10.2. The van der Waals surface area contributed by atoms with Crippen LogP contribution >= 0.6 is 0 Å². The van der Waals surface area contributed by atoms with Gasteiger partial charge in [-0.2, -0.15) is 4.31 Å². The summed E-state index contributed by atoms with van der Waals surface area (Å²) in [5.74, 6) is 0.0432. The van der Waals surface area contributed by atoms with Crippen molar-refractivity contribution < 1.29 is 18.1 Å². The topological polar surface area (TPSA) is 70.9 Å². The first kappa shape index (κ1) is 18.9. The lowest BCUT2D eigenvalue weighted by Crippen LogP contribution is -3.19. The van der Waals surface area contributed by atoms with Gasteiger partial charge >= 0.3 is 0 Å². The monoisotopic (exact) mass is 354 g/mol. The van der Waals surface area contributed by atoms with E-state index < -0.39 is 10.0 Å². The first-order chi connectivity index (χ1) is 11.4. The number of nitrogens with zero attached hydrogens (tertiary/aromatic N) is 1. The fraction of sp³-hybridized carbons (Fsp3) is 0.588. The molecule has 1 aromatic carbocycles. The van der Waals surface area contributed by atoms with Gasteiger partial charge in [0, 0.05) is 6.54 Å². The van der Waals surface area contributed by atoms with Gasteiger partial charge in [-0.1, -0.05) is 24.6 Å². The fourth-order valence-electron chi connectivity index (χ4n) is 2.89. The smallest absolute Gasteiger partial charge is 0.278 e. The molecule has 0 bridgehead atoms. The average Bonchev–Trinajstić information content (AvgIpc) is 2.59. The number of aryl methyl sites for hydroxylation is 1. The molecule has 7 heteroatoms. The molecule has 2 N–H and O–H groups in total. The highest BCUT2D eigenvalue weighted by Crippen LogP contribution is 2.16. The van der Waals surface area contributed by atoms with E-state index in [-0.39, 0.29) is 11.9 Å². The summed E-state index contributed by atoms with van der Waals surface area (Å²) in [4.78, 5) is 13.5. The molecular weight excluding hydrogens is 326 g/mol. The maximum absolute atomic E-state index is 12.7. The Hall–Kier alpha value is -1.44. The number of rotatable bonds is 6. The number of carbonyl (C=O) groups is 1. The molecular formula is C17H28N3O3S+. The van der Waals surface area contributed by atoms with Gasteiger partial charge in [-0.15, -0.1) is 0 Å². The zero-order valence-electron chi connectivity index (χ0n) is 14.7. The van der Waals surface area contributed by atoms with Crippen molar-refractivity contribution in [3.05, 3.63) is 29.8 Å². The number of sulfonamides is 1. The van der Waals surface area contributed by atoms with Gasteiger partial charge in [-0.25, -0.2) is 8.42 Å². The molecule has 1 amide bonds. The second kappa shape index (κ2) is 8.09. The lowest BCUT2D eigenvalue weighted by Gasteiger charge is -2.34. The average molecular weight is 354 g/mol. The maximum Gasteiger partial charge on any atom is 0.278 e. The van der Waals surface area contributed by atoms with E-state index in [1.165, 1.54) is 4.31 Å². The second-order valence-corrected chi connectivity index (χ2v) is 8.33. The molecule has 134 valence electrons. The number of quaternary nitrogens is 1.